The minimum Gasteiger partial charge on any atom is -0.497 e. The summed E-state index contributed by atoms with van der Waals surface area (Å²) in [6, 6.07) is 19.3. The van der Waals surface area contributed by atoms with E-state index >= 15 is 0 Å². The van der Waals surface area contributed by atoms with Crippen LogP contribution >= 0.6 is 0 Å². The highest BCUT2D eigenvalue weighted by Gasteiger charge is 2.24. The molecule has 4 N–H and O–H groups in total. The van der Waals surface area contributed by atoms with Crippen molar-refractivity contribution >= 4 is 5.91 Å². The minimum atomic E-state index is -0.809. The van der Waals surface area contributed by atoms with Crippen LogP contribution in [0.15, 0.2) is 66.7 Å². The normalized spacial score (nSPS) is 13.3. The highest BCUT2D eigenvalue weighted by Crippen LogP contribution is 2.32. The summed E-state index contributed by atoms with van der Waals surface area (Å²) in [6.07, 6.45) is 0.878. The molecule has 3 aromatic rings. The van der Waals surface area contributed by atoms with Crippen LogP contribution in [0.1, 0.15) is 37.3 Å². The zero-order chi connectivity index (χ0) is 30.3. The summed E-state index contributed by atoms with van der Waals surface area (Å²) in [5.74, 6) is 0.344. The number of carbonyl (C=O) groups is 1. The van der Waals surface area contributed by atoms with E-state index in [9.17, 15) is 14.3 Å². The Morgan fingerprint density at radius 1 is 0.976 bits per heavy atom. The summed E-state index contributed by atoms with van der Waals surface area (Å²) in [4.78, 5) is 12.8. The van der Waals surface area contributed by atoms with Gasteiger partial charge in [0.2, 0.25) is 5.91 Å². The fourth-order valence-corrected chi connectivity index (χ4v) is 4.49. The van der Waals surface area contributed by atoms with E-state index < -0.39 is 12.0 Å². The zero-order valence-corrected chi connectivity index (χ0v) is 24.7. The highest BCUT2D eigenvalue weighted by atomic mass is 19.1. The van der Waals surface area contributed by atoms with Crippen LogP contribution in [0.25, 0.3) is 11.1 Å². The lowest BCUT2D eigenvalue weighted by Crippen LogP contribution is -2.37. The number of benzene rings is 3. The van der Waals surface area contributed by atoms with E-state index in [4.69, 9.17) is 24.7 Å². The molecule has 8 nitrogen and oxygen atoms in total. The number of halogens is 1. The van der Waals surface area contributed by atoms with Crippen LogP contribution in [0.2, 0.25) is 0 Å². The molecule has 0 bridgehead atoms. The molecule has 0 aliphatic carbocycles. The topological polar surface area (TPSA) is 112 Å². The van der Waals surface area contributed by atoms with E-state index in [-0.39, 0.29) is 17.8 Å². The molecule has 3 aromatic carbocycles. The van der Waals surface area contributed by atoms with Crippen molar-refractivity contribution in [3.05, 3.63) is 83.7 Å². The molecule has 0 saturated carbocycles. The van der Waals surface area contributed by atoms with Crippen LogP contribution in [0.3, 0.4) is 0 Å². The third kappa shape index (κ3) is 10.7. The molecule has 0 spiro atoms. The van der Waals surface area contributed by atoms with Gasteiger partial charge in [-0.1, -0.05) is 36.4 Å². The van der Waals surface area contributed by atoms with Crippen molar-refractivity contribution in [2.24, 2.45) is 11.7 Å². The zero-order valence-electron chi connectivity index (χ0n) is 24.7. The van der Waals surface area contributed by atoms with Gasteiger partial charge in [-0.25, -0.2) is 4.39 Å². The second-order valence-corrected chi connectivity index (χ2v) is 10.3. The molecular weight excluding hydrogens is 539 g/mol. The van der Waals surface area contributed by atoms with E-state index in [1.54, 1.807) is 33.3 Å². The first-order valence-corrected chi connectivity index (χ1v) is 14.2. The Kier molecular flexibility index (Phi) is 13.7. The lowest BCUT2D eigenvalue weighted by atomic mass is 9.94. The molecule has 0 aromatic heterocycles. The first kappa shape index (κ1) is 33.0. The van der Waals surface area contributed by atoms with Crippen LogP contribution in [0.4, 0.5) is 4.39 Å². The van der Waals surface area contributed by atoms with Crippen LogP contribution in [0.5, 0.6) is 11.5 Å². The number of ether oxygens (including phenoxy) is 4. The van der Waals surface area contributed by atoms with Crippen LogP contribution in [-0.4, -0.2) is 57.2 Å². The largest absolute Gasteiger partial charge is 0.497 e. The van der Waals surface area contributed by atoms with Gasteiger partial charge >= 0.3 is 0 Å². The van der Waals surface area contributed by atoms with E-state index in [1.165, 1.54) is 12.1 Å². The van der Waals surface area contributed by atoms with Crippen molar-refractivity contribution in [3.8, 4) is 22.6 Å². The van der Waals surface area contributed by atoms with Gasteiger partial charge in [-0.2, -0.15) is 0 Å². The Morgan fingerprint density at radius 2 is 1.69 bits per heavy atom. The number of nitrogens with one attached hydrogen (secondary N) is 1. The number of carbonyl (C=O) groups excluding carboxylic acids is 1. The van der Waals surface area contributed by atoms with Gasteiger partial charge in [-0.05, 0) is 66.8 Å². The van der Waals surface area contributed by atoms with Gasteiger partial charge in [-0.15, -0.1) is 0 Å². The molecular formula is C33H43FN2O6. The Hall–Kier alpha value is -3.50. The van der Waals surface area contributed by atoms with E-state index in [2.05, 4.69) is 5.32 Å². The third-order valence-electron chi connectivity index (χ3n) is 6.95. The predicted octanol–water partition coefficient (Wildman–Crippen LogP) is 4.85. The maximum atomic E-state index is 13.4. The molecule has 228 valence electrons. The summed E-state index contributed by atoms with van der Waals surface area (Å²) in [5, 5.41) is 13.1. The van der Waals surface area contributed by atoms with Crippen molar-refractivity contribution in [1.82, 2.24) is 5.32 Å². The lowest BCUT2D eigenvalue weighted by molar-refractivity contribution is -0.128. The number of methoxy groups -OCH3 is 2. The smallest absolute Gasteiger partial charge is 0.225 e. The van der Waals surface area contributed by atoms with Gasteiger partial charge in [0.15, 0.2) is 0 Å². The summed E-state index contributed by atoms with van der Waals surface area (Å²) in [7, 11) is 3.25. The van der Waals surface area contributed by atoms with Gasteiger partial charge in [0.05, 0.1) is 39.0 Å². The van der Waals surface area contributed by atoms with Gasteiger partial charge in [0.1, 0.15) is 17.3 Å². The SMILES string of the molecule is COCCCOc1cc(COCC(N)CC[C@H](C(=O)NCc2ccc(OC)cc2)C(C)O)ccc1-c1ccc(F)cc1. The fraction of sp³-hybridized carbons (Fsp3) is 0.424. The fourth-order valence-electron chi connectivity index (χ4n) is 4.49. The van der Waals surface area contributed by atoms with Crippen molar-refractivity contribution in [1.29, 1.82) is 0 Å². The number of rotatable bonds is 18. The summed E-state index contributed by atoms with van der Waals surface area (Å²) >= 11 is 0. The van der Waals surface area contributed by atoms with Crippen LogP contribution in [0, 0.1) is 11.7 Å². The van der Waals surface area contributed by atoms with Gasteiger partial charge in [-0.3, -0.25) is 4.79 Å². The molecule has 9 heteroatoms. The molecule has 0 radical (unpaired) electrons. The quantitative estimate of drug-likeness (QED) is 0.184. The molecule has 0 heterocycles. The Balaban J connectivity index is 1.50. The van der Waals surface area contributed by atoms with Gasteiger partial charge in [0, 0.05) is 38.3 Å². The van der Waals surface area contributed by atoms with Crippen molar-refractivity contribution in [2.75, 3.05) is 34.0 Å². The lowest BCUT2D eigenvalue weighted by Gasteiger charge is -2.21. The monoisotopic (exact) mass is 582 g/mol. The molecule has 0 aliphatic rings. The number of amides is 1. The molecule has 42 heavy (non-hydrogen) atoms. The summed E-state index contributed by atoms with van der Waals surface area (Å²) < 4.78 is 35.7. The second kappa shape index (κ2) is 17.5. The van der Waals surface area contributed by atoms with Crippen molar-refractivity contribution < 1.29 is 33.2 Å². The predicted molar refractivity (Wildman–Crippen MR) is 161 cm³/mol. The van der Waals surface area contributed by atoms with E-state index in [0.29, 0.717) is 51.6 Å². The number of aliphatic hydroxyl groups excluding tert-OH is 1. The first-order valence-electron chi connectivity index (χ1n) is 14.2. The van der Waals surface area contributed by atoms with Crippen molar-refractivity contribution in [2.45, 2.75) is 51.5 Å². The Labute approximate surface area is 247 Å². The average Bonchev–Trinajstić information content (AvgIpc) is 2.99. The second-order valence-electron chi connectivity index (χ2n) is 10.3. The van der Waals surface area contributed by atoms with E-state index in [0.717, 1.165) is 34.4 Å². The maximum absolute atomic E-state index is 13.4. The van der Waals surface area contributed by atoms with E-state index in [1.807, 2.05) is 42.5 Å². The highest BCUT2D eigenvalue weighted by molar-refractivity contribution is 5.79. The molecule has 0 fully saturated rings. The number of nitrogens with two attached hydrogens (primary N) is 1. The maximum Gasteiger partial charge on any atom is 0.225 e. The number of hydrogen-bond donors (Lipinski definition) is 3. The molecule has 2 unspecified atom stereocenters. The molecule has 0 aliphatic heterocycles. The standard InChI is InChI=1S/C33H43FN2O6/c1-23(37)30(33(38)36-20-24-5-13-29(40-3)14-6-24)16-12-28(35)22-41-21-25-7-15-31(26-8-10-27(34)11-9-26)32(19-25)42-18-4-17-39-2/h5-11,13-15,19,23,28,30,37H,4,12,16-18,20-22,35H2,1-3H3,(H,36,38)/t23?,28?,30-/m0/s1. The number of aliphatic hydroxyl groups is 1. The van der Waals surface area contributed by atoms with Crippen LogP contribution in [-0.2, 0) is 27.4 Å². The molecule has 1 amide bonds. The summed E-state index contributed by atoms with van der Waals surface area (Å²) in [5.41, 5.74) is 9.87. The van der Waals surface area contributed by atoms with Crippen LogP contribution < -0.4 is 20.5 Å². The Bertz CT molecular complexity index is 1220. The third-order valence-corrected chi connectivity index (χ3v) is 6.95. The van der Waals surface area contributed by atoms with Gasteiger partial charge < -0.3 is 35.1 Å². The molecule has 0 saturated heterocycles. The van der Waals surface area contributed by atoms with Gasteiger partial charge in [0.25, 0.3) is 0 Å². The molecule has 3 rings (SSSR count). The number of hydrogen-bond acceptors (Lipinski definition) is 7. The molecule has 3 atom stereocenters. The summed E-state index contributed by atoms with van der Waals surface area (Å²) in [6.45, 7) is 3.67. The minimum absolute atomic E-state index is 0.215. The Morgan fingerprint density at radius 3 is 2.36 bits per heavy atom. The van der Waals surface area contributed by atoms with Crippen molar-refractivity contribution in [3.63, 3.8) is 0 Å². The first-order chi connectivity index (χ1) is 20.3. The average molecular weight is 583 g/mol.